The van der Waals surface area contributed by atoms with Crippen molar-refractivity contribution in [2.75, 3.05) is 0 Å². The zero-order valence-corrected chi connectivity index (χ0v) is 12.0. The van der Waals surface area contributed by atoms with Gasteiger partial charge in [-0.05, 0) is 30.7 Å². The van der Waals surface area contributed by atoms with Crippen LogP contribution in [-0.4, -0.2) is 5.78 Å². The van der Waals surface area contributed by atoms with Crippen LogP contribution in [0.25, 0.3) is 6.08 Å². The van der Waals surface area contributed by atoms with Crippen LogP contribution in [0.15, 0.2) is 66.8 Å². The van der Waals surface area contributed by atoms with Crippen molar-refractivity contribution in [3.63, 3.8) is 0 Å². The third-order valence-corrected chi connectivity index (χ3v) is 3.11. The van der Waals surface area contributed by atoms with Crippen LogP contribution in [0.4, 0.5) is 0 Å². The van der Waals surface area contributed by atoms with E-state index in [9.17, 15) is 4.79 Å². The van der Waals surface area contributed by atoms with Gasteiger partial charge in [-0.1, -0.05) is 71.8 Å². The van der Waals surface area contributed by atoms with E-state index < -0.39 is 0 Å². The highest BCUT2D eigenvalue weighted by molar-refractivity contribution is 6.30. The van der Waals surface area contributed by atoms with Crippen molar-refractivity contribution in [3.05, 3.63) is 88.5 Å². The van der Waals surface area contributed by atoms with Crippen LogP contribution in [0.3, 0.4) is 0 Å². The highest BCUT2D eigenvalue weighted by Gasteiger charge is 1.99. The molecule has 0 heterocycles. The van der Waals surface area contributed by atoms with Crippen molar-refractivity contribution in [2.24, 2.45) is 0 Å². The van der Waals surface area contributed by atoms with E-state index in [2.05, 4.69) is 0 Å². The Labute approximate surface area is 124 Å². The van der Waals surface area contributed by atoms with E-state index in [1.165, 1.54) is 0 Å². The molecule has 0 amide bonds. The smallest absolute Gasteiger partial charge is 0.185 e. The average molecular weight is 283 g/mol. The zero-order valence-electron chi connectivity index (χ0n) is 11.2. The van der Waals surface area contributed by atoms with E-state index in [4.69, 9.17) is 11.6 Å². The molecule has 0 atom stereocenters. The SMILES string of the molecule is Cc1ccc(C(=O)C=CC=Cc2ccc(Cl)cc2)cc1. The summed E-state index contributed by atoms with van der Waals surface area (Å²) in [6, 6.07) is 15.1. The first-order valence-electron chi connectivity index (χ1n) is 6.36. The summed E-state index contributed by atoms with van der Waals surface area (Å²) >= 11 is 5.81. The molecular weight excluding hydrogens is 268 g/mol. The Morgan fingerprint density at radius 1 is 0.950 bits per heavy atom. The molecule has 2 aromatic rings. The predicted molar refractivity (Wildman–Crippen MR) is 85.1 cm³/mol. The highest BCUT2D eigenvalue weighted by atomic mass is 35.5. The Hall–Kier alpha value is -2.12. The molecule has 0 fully saturated rings. The van der Waals surface area contributed by atoms with E-state index in [1.54, 1.807) is 12.2 Å². The molecule has 0 bridgehead atoms. The van der Waals surface area contributed by atoms with E-state index in [-0.39, 0.29) is 5.78 Å². The molecule has 0 aliphatic heterocycles. The number of carbonyl (C=O) groups excluding carboxylic acids is 1. The Balaban J connectivity index is 1.97. The Morgan fingerprint density at radius 2 is 1.60 bits per heavy atom. The number of hydrogen-bond acceptors (Lipinski definition) is 1. The molecule has 0 aliphatic rings. The second-order valence-electron chi connectivity index (χ2n) is 4.50. The van der Waals surface area contributed by atoms with E-state index >= 15 is 0 Å². The van der Waals surface area contributed by atoms with Gasteiger partial charge in [-0.3, -0.25) is 4.79 Å². The van der Waals surface area contributed by atoms with Gasteiger partial charge < -0.3 is 0 Å². The fraction of sp³-hybridized carbons (Fsp3) is 0.0556. The van der Waals surface area contributed by atoms with Crippen molar-refractivity contribution < 1.29 is 4.79 Å². The molecule has 2 aromatic carbocycles. The van der Waals surface area contributed by atoms with E-state index in [1.807, 2.05) is 67.6 Å². The van der Waals surface area contributed by atoms with Crippen LogP contribution in [0.1, 0.15) is 21.5 Å². The van der Waals surface area contributed by atoms with Gasteiger partial charge in [0.15, 0.2) is 5.78 Å². The minimum Gasteiger partial charge on any atom is -0.289 e. The maximum Gasteiger partial charge on any atom is 0.185 e. The van der Waals surface area contributed by atoms with Crippen molar-refractivity contribution in [3.8, 4) is 0 Å². The fourth-order valence-corrected chi connectivity index (χ4v) is 1.82. The van der Waals surface area contributed by atoms with Crippen molar-refractivity contribution in [1.82, 2.24) is 0 Å². The quantitative estimate of drug-likeness (QED) is 0.433. The number of aryl methyl sites for hydroxylation is 1. The molecule has 0 saturated carbocycles. The molecule has 0 unspecified atom stereocenters. The summed E-state index contributed by atoms with van der Waals surface area (Å²) < 4.78 is 0. The largest absolute Gasteiger partial charge is 0.289 e. The summed E-state index contributed by atoms with van der Waals surface area (Å²) in [5.41, 5.74) is 2.89. The van der Waals surface area contributed by atoms with Gasteiger partial charge in [0, 0.05) is 10.6 Å². The van der Waals surface area contributed by atoms with Gasteiger partial charge in [0.25, 0.3) is 0 Å². The van der Waals surface area contributed by atoms with Gasteiger partial charge in [0.05, 0.1) is 0 Å². The summed E-state index contributed by atoms with van der Waals surface area (Å²) in [4.78, 5) is 11.9. The number of allylic oxidation sites excluding steroid dienone is 3. The van der Waals surface area contributed by atoms with Crippen molar-refractivity contribution >= 4 is 23.5 Å². The molecule has 20 heavy (non-hydrogen) atoms. The Bertz CT molecular complexity index is 634. The molecule has 0 saturated heterocycles. The summed E-state index contributed by atoms with van der Waals surface area (Å²) in [5, 5.41) is 0.715. The Kier molecular flexibility index (Phi) is 4.91. The second-order valence-corrected chi connectivity index (χ2v) is 4.94. The number of ketones is 1. The van der Waals surface area contributed by atoms with Crippen LogP contribution >= 0.6 is 11.6 Å². The monoisotopic (exact) mass is 282 g/mol. The normalized spacial score (nSPS) is 11.3. The minimum absolute atomic E-state index is 0.00533. The summed E-state index contributed by atoms with van der Waals surface area (Å²) in [7, 11) is 0. The lowest BCUT2D eigenvalue weighted by atomic mass is 10.1. The third-order valence-electron chi connectivity index (χ3n) is 2.85. The van der Waals surface area contributed by atoms with Crippen LogP contribution in [0, 0.1) is 6.92 Å². The predicted octanol–water partition coefficient (Wildman–Crippen LogP) is 5.10. The molecule has 1 nitrogen and oxygen atoms in total. The first-order chi connectivity index (χ1) is 9.65. The van der Waals surface area contributed by atoms with Crippen LogP contribution in [0.2, 0.25) is 5.02 Å². The number of hydrogen-bond donors (Lipinski definition) is 0. The molecule has 100 valence electrons. The molecule has 0 spiro atoms. The zero-order chi connectivity index (χ0) is 14.4. The lowest BCUT2D eigenvalue weighted by Gasteiger charge is -1.95. The topological polar surface area (TPSA) is 17.1 Å². The third kappa shape index (κ3) is 4.22. The molecule has 2 rings (SSSR count). The molecule has 0 aromatic heterocycles. The molecule has 2 heteroatoms. The summed E-state index contributed by atoms with van der Waals surface area (Å²) in [5.74, 6) is 0.00533. The van der Waals surface area contributed by atoms with Gasteiger partial charge in [0.2, 0.25) is 0 Å². The summed E-state index contributed by atoms with van der Waals surface area (Å²) in [6.07, 6.45) is 7.08. The second kappa shape index (κ2) is 6.88. The minimum atomic E-state index is 0.00533. The van der Waals surface area contributed by atoms with E-state index in [0.29, 0.717) is 10.6 Å². The number of carbonyl (C=O) groups is 1. The van der Waals surface area contributed by atoms with Crippen molar-refractivity contribution in [2.45, 2.75) is 6.92 Å². The van der Waals surface area contributed by atoms with Gasteiger partial charge >= 0.3 is 0 Å². The lowest BCUT2D eigenvalue weighted by Crippen LogP contribution is -1.93. The van der Waals surface area contributed by atoms with Gasteiger partial charge in [-0.15, -0.1) is 0 Å². The summed E-state index contributed by atoms with van der Waals surface area (Å²) in [6.45, 7) is 2.00. The number of halogens is 1. The van der Waals surface area contributed by atoms with Crippen LogP contribution < -0.4 is 0 Å². The molecule has 0 radical (unpaired) electrons. The first kappa shape index (κ1) is 14.3. The standard InChI is InChI=1S/C18H15ClO/c1-14-6-10-16(11-7-14)18(20)5-3-2-4-15-8-12-17(19)13-9-15/h2-13H,1H3. The van der Waals surface area contributed by atoms with Crippen molar-refractivity contribution in [1.29, 1.82) is 0 Å². The first-order valence-corrected chi connectivity index (χ1v) is 6.74. The molecule has 0 N–H and O–H groups in total. The van der Waals surface area contributed by atoms with Gasteiger partial charge in [0.1, 0.15) is 0 Å². The maximum absolute atomic E-state index is 11.9. The lowest BCUT2D eigenvalue weighted by molar-refractivity contribution is 0.104. The van der Waals surface area contributed by atoms with Gasteiger partial charge in [-0.25, -0.2) is 0 Å². The fourth-order valence-electron chi connectivity index (χ4n) is 1.70. The number of benzene rings is 2. The Morgan fingerprint density at radius 3 is 2.25 bits per heavy atom. The van der Waals surface area contributed by atoms with Crippen LogP contribution in [0.5, 0.6) is 0 Å². The molecular formula is C18H15ClO. The van der Waals surface area contributed by atoms with E-state index in [0.717, 1.165) is 11.1 Å². The maximum atomic E-state index is 11.9. The van der Waals surface area contributed by atoms with Gasteiger partial charge in [-0.2, -0.15) is 0 Å². The highest BCUT2D eigenvalue weighted by Crippen LogP contribution is 2.10. The van der Waals surface area contributed by atoms with Crippen LogP contribution in [-0.2, 0) is 0 Å². The average Bonchev–Trinajstić information content (AvgIpc) is 2.46. The molecule has 0 aliphatic carbocycles. The number of rotatable bonds is 4.